The molecule has 4 nitrogen and oxygen atoms in total. The predicted octanol–water partition coefficient (Wildman–Crippen LogP) is 6.30. The monoisotopic (exact) mass is 428 g/mol. The Morgan fingerprint density at radius 3 is 2.28 bits per heavy atom. The van der Waals surface area contributed by atoms with Crippen LogP contribution in [0.3, 0.4) is 0 Å². The summed E-state index contributed by atoms with van der Waals surface area (Å²) in [5.74, 6) is -0.239. The lowest BCUT2D eigenvalue weighted by atomic mass is 9.93. The number of anilines is 3. The summed E-state index contributed by atoms with van der Waals surface area (Å²) < 4.78 is 5.49. The number of carbonyl (C=O) groups is 1. The lowest BCUT2D eigenvalue weighted by Crippen LogP contribution is -2.21. The van der Waals surface area contributed by atoms with Crippen molar-refractivity contribution in [3.8, 4) is 0 Å². The minimum absolute atomic E-state index is 0.239. The summed E-state index contributed by atoms with van der Waals surface area (Å²) in [7, 11) is 0. The van der Waals surface area contributed by atoms with Crippen LogP contribution in [0.1, 0.15) is 46.8 Å². The predicted molar refractivity (Wildman–Crippen MR) is 132 cm³/mol. The van der Waals surface area contributed by atoms with Gasteiger partial charge in [0.05, 0.1) is 23.5 Å². The fourth-order valence-electron chi connectivity index (χ4n) is 4.51. The van der Waals surface area contributed by atoms with Crippen molar-refractivity contribution in [3.05, 3.63) is 89.0 Å². The molecule has 1 aliphatic rings. The molecule has 1 heterocycles. The summed E-state index contributed by atoms with van der Waals surface area (Å²) in [4.78, 5) is 15.5. The van der Waals surface area contributed by atoms with Gasteiger partial charge in [-0.3, -0.25) is 0 Å². The first kappa shape index (κ1) is 21.9. The number of benzene rings is 3. The second-order valence-corrected chi connectivity index (χ2v) is 8.32. The number of nitrogens with zero attached hydrogens (tertiary/aromatic N) is 1. The Labute approximate surface area is 191 Å². The van der Waals surface area contributed by atoms with Crippen LogP contribution in [-0.4, -0.2) is 25.7 Å². The van der Waals surface area contributed by atoms with E-state index in [1.165, 1.54) is 24.1 Å². The van der Waals surface area contributed by atoms with Crippen LogP contribution in [0.5, 0.6) is 0 Å². The van der Waals surface area contributed by atoms with Gasteiger partial charge < -0.3 is 15.0 Å². The third kappa shape index (κ3) is 4.96. The highest BCUT2D eigenvalue weighted by Gasteiger charge is 2.25. The zero-order chi connectivity index (χ0) is 22.3. The van der Waals surface area contributed by atoms with Crippen molar-refractivity contribution >= 4 is 23.0 Å². The van der Waals surface area contributed by atoms with Gasteiger partial charge in [-0.2, -0.15) is 0 Å². The van der Waals surface area contributed by atoms with Gasteiger partial charge in [0.25, 0.3) is 0 Å². The Hall–Kier alpha value is -3.27. The molecule has 0 atom stereocenters. The van der Waals surface area contributed by atoms with Crippen LogP contribution < -0.4 is 10.2 Å². The largest absolute Gasteiger partial charge is 0.462 e. The molecule has 4 rings (SSSR count). The van der Waals surface area contributed by atoms with Gasteiger partial charge in [-0.05, 0) is 74.4 Å². The highest BCUT2D eigenvalue weighted by Crippen LogP contribution is 2.38. The number of rotatable bonds is 8. The van der Waals surface area contributed by atoms with E-state index in [2.05, 4.69) is 52.7 Å². The Balaban J connectivity index is 1.79. The van der Waals surface area contributed by atoms with Crippen LogP contribution in [-0.2, 0) is 17.6 Å². The number of nitrogens with one attached hydrogen (secondary N) is 1. The van der Waals surface area contributed by atoms with Crippen LogP contribution in [0, 0.1) is 6.92 Å². The zero-order valence-corrected chi connectivity index (χ0v) is 19.1. The maximum Gasteiger partial charge on any atom is 0.338 e. The van der Waals surface area contributed by atoms with Crippen LogP contribution in [0.25, 0.3) is 0 Å². The van der Waals surface area contributed by atoms with Gasteiger partial charge in [0.2, 0.25) is 0 Å². The van der Waals surface area contributed by atoms with Gasteiger partial charge in [0.15, 0.2) is 0 Å². The average Bonchev–Trinajstić information content (AvgIpc) is 3.35. The lowest BCUT2D eigenvalue weighted by molar-refractivity contribution is 0.0524. The fraction of sp³-hybridized carbons (Fsp3) is 0.321. The minimum atomic E-state index is -0.239. The van der Waals surface area contributed by atoms with Crippen LogP contribution >= 0.6 is 0 Å². The van der Waals surface area contributed by atoms with Crippen molar-refractivity contribution < 1.29 is 9.53 Å². The maximum atomic E-state index is 13.1. The second-order valence-electron chi connectivity index (χ2n) is 8.32. The van der Waals surface area contributed by atoms with Gasteiger partial charge in [-0.15, -0.1) is 0 Å². The fourth-order valence-corrected chi connectivity index (χ4v) is 4.51. The van der Waals surface area contributed by atoms with Gasteiger partial charge in [-0.25, -0.2) is 4.79 Å². The number of hydrogen-bond acceptors (Lipinski definition) is 4. The molecule has 4 heteroatoms. The molecule has 3 aromatic rings. The van der Waals surface area contributed by atoms with E-state index in [0.29, 0.717) is 12.2 Å². The summed E-state index contributed by atoms with van der Waals surface area (Å²) in [6.45, 7) is 6.35. The first-order valence-corrected chi connectivity index (χ1v) is 11.6. The molecule has 166 valence electrons. The van der Waals surface area contributed by atoms with E-state index in [1.807, 2.05) is 38.1 Å². The summed E-state index contributed by atoms with van der Waals surface area (Å²) in [5.41, 5.74) is 7.19. The van der Waals surface area contributed by atoms with Crippen molar-refractivity contribution in [2.75, 3.05) is 29.9 Å². The molecule has 1 N–H and O–H groups in total. The van der Waals surface area contributed by atoms with Crippen LogP contribution in [0.4, 0.5) is 17.1 Å². The molecule has 0 amide bonds. The van der Waals surface area contributed by atoms with Crippen molar-refractivity contribution in [1.82, 2.24) is 0 Å². The molecule has 1 fully saturated rings. The van der Waals surface area contributed by atoms with Crippen molar-refractivity contribution in [3.63, 3.8) is 0 Å². The highest BCUT2D eigenvalue weighted by molar-refractivity contribution is 5.97. The van der Waals surface area contributed by atoms with Gasteiger partial charge in [0, 0.05) is 18.8 Å². The van der Waals surface area contributed by atoms with Gasteiger partial charge >= 0.3 is 5.97 Å². The number of carbonyl (C=O) groups excluding carboxylic acids is 1. The molecule has 0 aromatic heterocycles. The van der Waals surface area contributed by atoms with E-state index in [4.69, 9.17) is 4.74 Å². The second kappa shape index (κ2) is 10.4. The third-order valence-electron chi connectivity index (χ3n) is 6.13. The normalized spacial score (nSPS) is 13.2. The van der Waals surface area contributed by atoms with E-state index < -0.39 is 0 Å². The van der Waals surface area contributed by atoms with Crippen molar-refractivity contribution in [1.29, 1.82) is 0 Å². The first-order valence-electron chi connectivity index (χ1n) is 11.6. The molecular weight excluding hydrogens is 396 g/mol. The van der Waals surface area contributed by atoms with Crippen molar-refractivity contribution in [2.24, 2.45) is 0 Å². The number of esters is 1. The van der Waals surface area contributed by atoms with E-state index in [0.717, 1.165) is 48.4 Å². The Morgan fingerprint density at radius 2 is 1.62 bits per heavy atom. The van der Waals surface area contributed by atoms with Gasteiger partial charge in [-0.1, -0.05) is 48.5 Å². The topological polar surface area (TPSA) is 41.6 Å². The maximum absolute atomic E-state index is 13.1. The molecule has 0 unspecified atom stereocenters. The van der Waals surface area contributed by atoms with E-state index in [1.54, 1.807) is 0 Å². The lowest BCUT2D eigenvalue weighted by Gasteiger charge is -2.27. The standard InChI is InChI=1S/C28H32N2O2/c1-3-32-28(31)26-21(2)27(29-24-14-8-5-9-15-24)25(30-18-10-11-19-30)20-23(26)17-16-22-12-6-4-7-13-22/h4-9,12-15,20,29H,3,10-11,16-19H2,1-2H3. The highest BCUT2D eigenvalue weighted by atomic mass is 16.5. The minimum Gasteiger partial charge on any atom is -0.462 e. The van der Waals surface area contributed by atoms with Crippen molar-refractivity contribution in [2.45, 2.75) is 39.5 Å². The SMILES string of the molecule is CCOC(=O)c1c(CCc2ccccc2)cc(N2CCCC2)c(Nc2ccccc2)c1C. The summed E-state index contributed by atoms with van der Waals surface area (Å²) in [6, 6.07) is 22.8. The molecule has 3 aromatic carbocycles. The number of ether oxygens (including phenoxy) is 1. The van der Waals surface area contributed by atoms with Crippen LogP contribution in [0.15, 0.2) is 66.7 Å². The summed E-state index contributed by atoms with van der Waals surface area (Å²) >= 11 is 0. The van der Waals surface area contributed by atoms with Gasteiger partial charge in [0.1, 0.15) is 0 Å². The zero-order valence-electron chi connectivity index (χ0n) is 19.1. The Bertz CT molecular complexity index is 1040. The summed E-state index contributed by atoms with van der Waals surface area (Å²) in [5, 5.41) is 3.61. The molecule has 1 saturated heterocycles. The van der Waals surface area contributed by atoms with Crippen LogP contribution in [0.2, 0.25) is 0 Å². The summed E-state index contributed by atoms with van der Waals surface area (Å²) in [6.07, 6.45) is 4.08. The number of para-hydroxylation sites is 1. The molecule has 0 saturated carbocycles. The molecule has 0 radical (unpaired) electrons. The molecule has 1 aliphatic heterocycles. The molecule has 0 aliphatic carbocycles. The molecule has 0 bridgehead atoms. The Morgan fingerprint density at radius 1 is 0.969 bits per heavy atom. The quantitative estimate of drug-likeness (QED) is 0.428. The first-order chi connectivity index (χ1) is 15.7. The van der Waals surface area contributed by atoms with E-state index in [9.17, 15) is 4.79 Å². The third-order valence-corrected chi connectivity index (χ3v) is 6.13. The Kier molecular flexibility index (Phi) is 7.10. The van der Waals surface area contributed by atoms with E-state index >= 15 is 0 Å². The average molecular weight is 429 g/mol. The smallest absolute Gasteiger partial charge is 0.338 e. The molecule has 32 heavy (non-hydrogen) atoms. The molecular formula is C28H32N2O2. The number of hydrogen-bond donors (Lipinski definition) is 1. The molecule has 0 spiro atoms. The van der Waals surface area contributed by atoms with E-state index in [-0.39, 0.29) is 5.97 Å². The number of aryl methyl sites for hydroxylation is 2.